The van der Waals surface area contributed by atoms with Crippen LogP contribution in [-0.2, 0) is 20.9 Å². The van der Waals surface area contributed by atoms with E-state index in [4.69, 9.17) is 4.74 Å². The van der Waals surface area contributed by atoms with Gasteiger partial charge in [-0.15, -0.1) is 0 Å². The molecule has 2 heterocycles. The number of amides is 2. The highest BCUT2D eigenvalue weighted by Crippen LogP contribution is 2.22. The first-order valence-electron chi connectivity index (χ1n) is 14.1. The molecule has 0 fully saturated rings. The van der Waals surface area contributed by atoms with Gasteiger partial charge in [0.25, 0.3) is 0 Å². The highest BCUT2D eigenvalue weighted by molar-refractivity contribution is 5.92. The number of nitrogens with zero attached hydrogens (tertiary/aromatic N) is 5. The van der Waals surface area contributed by atoms with Crippen LogP contribution in [0.15, 0.2) is 41.5 Å². The number of aromatic nitrogens is 2. The summed E-state index contributed by atoms with van der Waals surface area (Å²) in [5.74, 6) is 7.03. The number of rotatable bonds is 15. The summed E-state index contributed by atoms with van der Waals surface area (Å²) in [5, 5.41) is 9.50. The Morgan fingerprint density at radius 3 is 2.81 bits per heavy atom. The minimum atomic E-state index is -0.575. The van der Waals surface area contributed by atoms with Crippen LogP contribution in [0.25, 0.3) is 0 Å². The number of carbonyl (C=O) groups is 2. The van der Waals surface area contributed by atoms with Gasteiger partial charge in [-0.2, -0.15) is 4.98 Å². The van der Waals surface area contributed by atoms with Crippen LogP contribution < -0.4 is 16.0 Å². The number of ether oxygens (including phenoxy) is 1. The standard InChI is InChI=1S/C31H42N8O3/c1-23(39(4)28(40)12-9-17-38(2)3)30(41)34-15-8-6-7-11-25-22-35-31(37-29(25)33-16-10-18-42-5)36-27-14-13-24-20-32-21-26(24)19-27/h9,12-14,19,21-23H,6,8,10,15-18,20H2,1-5H3,(H,34,41)(H2,33,35,36,37)/b12-9+/t23-/m0/s1. The highest BCUT2D eigenvalue weighted by Gasteiger charge is 2.20. The van der Waals surface area contributed by atoms with E-state index < -0.39 is 6.04 Å². The molecule has 1 aliphatic rings. The summed E-state index contributed by atoms with van der Waals surface area (Å²) in [4.78, 5) is 41.6. The molecule has 1 aromatic carbocycles. The summed E-state index contributed by atoms with van der Waals surface area (Å²) in [6.07, 6.45) is 8.93. The molecule has 1 aliphatic heterocycles. The monoisotopic (exact) mass is 574 g/mol. The molecule has 0 radical (unpaired) electrons. The smallest absolute Gasteiger partial charge is 0.246 e. The molecule has 3 rings (SSSR count). The number of carbonyl (C=O) groups excluding carboxylic acids is 2. The molecular weight excluding hydrogens is 532 g/mol. The lowest BCUT2D eigenvalue weighted by atomic mass is 10.1. The number of benzene rings is 1. The number of unbranched alkanes of at least 4 members (excludes halogenated alkanes) is 1. The minimum Gasteiger partial charge on any atom is -0.385 e. The number of nitrogens with one attached hydrogen (secondary N) is 3. The molecule has 0 unspecified atom stereocenters. The number of hydrogen-bond acceptors (Lipinski definition) is 9. The molecule has 11 heteroatoms. The Bertz CT molecular complexity index is 1330. The second-order valence-electron chi connectivity index (χ2n) is 10.2. The zero-order valence-electron chi connectivity index (χ0n) is 25.2. The number of fused-ring (bicyclic) bond motifs is 1. The fraction of sp³-hybridized carbons (Fsp3) is 0.452. The predicted molar refractivity (Wildman–Crippen MR) is 167 cm³/mol. The average Bonchev–Trinajstić information content (AvgIpc) is 3.44. The van der Waals surface area contributed by atoms with Crippen molar-refractivity contribution in [3.8, 4) is 11.8 Å². The van der Waals surface area contributed by atoms with Crippen molar-refractivity contribution < 1.29 is 14.3 Å². The predicted octanol–water partition coefficient (Wildman–Crippen LogP) is 2.81. The molecule has 2 amide bonds. The van der Waals surface area contributed by atoms with Gasteiger partial charge in [0.1, 0.15) is 11.9 Å². The van der Waals surface area contributed by atoms with Crippen molar-refractivity contribution in [1.29, 1.82) is 0 Å². The van der Waals surface area contributed by atoms with Crippen LogP contribution >= 0.6 is 0 Å². The van der Waals surface area contributed by atoms with Gasteiger partial charge >= 0.3 is 0 Å². The number of methoxy groups -OCH3 is 1. The lowest BCUT2D eigenvalue weighted by molar-refractivity contribution is -0.135. The number of anilines is 3. The first kappa shape index (κ1) is 32.2. The zero-order chi connectivity index (χ0) is 30.3. The first-order valence-corrected chi connectivity index (χ1v) is 14.1. The Kier molecular flexibility index (Phi) is 12.9. The van der Waals surface area contributed by atoms with Crippen molar-refractivity contribution in [1.82, 2.24) is 25.1 Å². The molecule has 0 saturated heterocycles. The summed E-state index contributed by atoms with van der Waals surface area (Å²) in [5.41, 5.74) is 3.88. The Hall–Kier alpha value is -4.27. The van der Waals surface area contributed by atoms with E-state index >= 15 is 0 Å². The summed E-state index contributed by atoms with van der Waals surface area (Å²) in [6, 6.07) is 5.51. The molecule has 0 aliphatic carbocycles. The van der Waals surface area contributed by atoms with E-state index in [1.807, 2.05) is 37.3 Å². The van der Waals surface area contributed by atoms with Gasteiger partial charge in [0.05, 0.1) is 18.3 Å². The van der Waals surface area contributed by atoms with Crippen LogP contribution in [-0.4, -0.2) is 98.3 Å². The van der Waals surface area contributed by atoms with E-state index in [0.29, 0.717) is 63.0 Å². The first-order chi connectivity index (χ1) is 20.3. The topological polar surface area (TPSA) is 124 Å². The maximum atomic E-state index is 12.5. The van der Waals surface area contributed by atoms with Gasteiger partial charge in [-0.05, 0) is 57.1 Å². The van der Waals surface area contributed by atoms with Crippen LogP contribution in [0.3, 0.4) is 0 Å². The van der Waals surface area contributed by atoms with Gasteiger partial charge in [-0.25, -0.2) is 4.98 Å². The largest absolute Gasteiger partial charge is 0.385 e. The van der Waals surface area contributed by atoms with Crippen LogP contribution in [0.2, 0.25) is 0 Å². The normalized spacial score (nSPS) is 12.5. The van der Waals surface area contributed by atoms with Crippen LogP contribution in [0.1, 0.15) is 42.9 Å². The van der Waals surface area contributed by atoms with Crippen LogP contribution in [0, 0.1) is 11.8 Å². The zero-order valence-corrected chi connectivity index (χ0v) is 25.2. The van der Waals surface area contributed by atoms with Crippen molar-refractivity contribution in [2.24, 2.45) is 4.99 Å². The van der Waals surface area contributed by atoms with E-state index in [0.717, 1.165) is 17.7 Å². The molecular formula is C31H42N8O3. The summed E-state index contributed by atoms with van der Waals surface area (Å²) < 4.78 is 5.15. The number of hydrogen-bond donors (Lipinski definition) is 3. The molecule has 3 N–H and O–H groups in total. The van der Waals surface area contributed by atoms with E-state index in [-0.39, 0.29) is 11.8 Å². The third-order valence-corrected chi connectivity index (χ3v) is 6.54. The SMILES string of the molecule is COCCCNc1nc(Nc2ccc3c(c2)C=NC3)ncc1C#CCCCNC(=O)[C@H](C)N(C)C(=O)/C=C/CN(C)C. The number of aliphatic imine (C=N–C) groups is 1. The summed E-state index contributed by atoms with van der Waals surface area (Å²) >= 11 is 0. The molecule has 0 saturated carbocycles. The highest BCUT2D eigenvalue weighted by atomic mass is 16.5. The quantitative estimate of drug-likeness (QED) is 0.169. The molecule has 0 spiro atoms. The molecule has 2 aromatic rings. The van der Waals surface area contributed by atoms with Gasteiger partial charge in [0.15, 0.2) is 0 Å². The fourth-order valence-electron chi connectivity index (χ4n) is 3.94. The van der Waals surface area contributed by atoms with Crippen molar-refractivity contribution >= 4 is 35.5 Å². The third-order valence-electron chi connectivity index (χ3n) is 6.54. The maximum absolute atomic E-state index is 12.5. The van der Waals surface area contributed by atoms with Crippen molar-refractivity contribution in [2.75, 3.05) is 65.1 Å². The maximum Gasteiger partial charge on any atom is 0.246 e. The molecule has 0 bridgehead atoms. The van der Waals surface area contributed by atoms with Gasteiger partial charge < -0.3 is 30.5 Å². The van der Waals surface area contributed by atoms with Crippen molar-refractivity contribution in [2.45, 2.75) is 38.8 Å². The van der Waals surface area contributed by atoms with E-state index in [1.165, 1.54) is 16.5 Å². The lowest BCUT2D eigenvalue weighted by Crippen LogP contribution is -2.45. The minimum absolute atomic E-state index is 0.200. The summed E-state index contributed by atoms with van der Waals surface area (Å²) in [6.45, 7) is 4.87. The summed E-state index contributed by atoms with van der Waals surface area (Å²) in [7, 11) is 7.15. The second kappa shape index (κ2) is 16.9. The van der Waals surface area contributed by atoms with E-state index in [9.17, 15) is 9.59 Å². The molecule has 1 aromatic heterocycles. The molecule has 11 nitrogen and oxygen atoms in total. The van der Waals surface area contributed by atoms with Gasteiger partial charge in [0.2, 0.25) is 17.8 Å². The number of likely N-dealkylation sites (N-methyl/N-ethyl adjacent to an activating group) is 2. The Balaban J connectivity index is 1.52. The third kappa shape index (κ3) is 10.3. The fourth-order valence-corrected chi connectivity index (χ4v) is 3.94. The lowest BCUT2D eigenvalue weighted by Gasteiger charge is -2.23. The van der Waals surface area contributed by atoms with Crippen molar-refractivity contribution in [3.05, 3.63) is 53.2 Å². The van der Waals surface area contributed by atoms with Gasteiger partial charge in [-0.3, -0.25) is 14.6 Å². The molecule has 1 atom stereocenters. The van der Waals surface area contributed by atoms with E-state index in [2.05, 4.69) is 48.8 Å². The molecule has 42 heavy (non-hydrogen) atoms. The second-order valence-corrected chi connectivity index (χ2v) is 10.2. The van der Waals surface area contributed by atoms with Crippen LogP contribution in [0.5, 0.6) is 0 Å². The molecule has 224 valence electrons. The Morgan fingerprint density at radius 1 is 1.19 bits per heavy atom. The van der Waals surface area contributed by atoms with Crippen molar-refractivity contribution in [3.63, 3.8) is 0 Å². The van der Waals surface area contributed by atoms with Crippen LogP contribution in [0.4, 0.5) is 17.5 Å². The average molecular weight is 575 g/mol. The van der Waals surface area contributed by atoms with Gasteiger partial charge in [0, 0.05) is 64.8 Å². The Labute approximate surface area is 248 Å². The van der Waals surface area contributed by atoms with Gasteiger partial charge in [-0.1, -0.05) is 24.0 Å². The van der Waals surface area contributed by atoms with E-state index in [1.54, 1.807) is 33.4 Å². The Morgan fingerprint density at radius 2 is 2.02 bits per heavy atom.